The molecule has 5 nitrogen and oxygen atoms in total. The van der Waals surface area contributed by atoms with Crippen LogP contribution in [0.4, 0.5) is 5.69 Å². The zero-order valence-electron chi connectivity index (χ0n) is 15.5. The van der Waals surface area contributed by atoms with Gasteiger partial charge in [-0.15, -0.1) is 0 Å². The molecule has 0 spiro atoms. The monoisotopic (exact) mass is 394 g/mol. The minimum absolute atomic E-state index is 0.0579. The summed E-state index contributed by atoms with van der Waals surface area (Å²) >= 11 is 6.12. The Morgan fingerprint density at radius 3 is 2.39 bits per heavy atom. The third-order valence-corrected chi connectivity index (χ3v) is 4.50. The van der Waals surface area contributed by atoms with Gasteiger partial charge in [0.25, 0.3) is 11.8 Å². The third-order valence-electron chi connectivity index (χ3n) is 4.09. The summed E-state index contributed by atoms with van der Waals surface area (Å²) in [6, 6.07) is 17.4. The van der Waals surface area contributed by atoms with Crippen LogP contribution in [0.15, 0.2) is 70.8 Å². The minimum Gasteiger partial charge on any atom is -0.462 e. The lowest BCUT2D eigenvalue weighted by Crippen LogP contribution is -2.30. The van der Waals surface area contributed by atoms with Crippen molar-refractivity contribution >= 4 is 35.2 Å². The Morgan fingerprint density at radius 2 is 1.71 bits per heavy atom. The molecule has 0 fully saturated rings. The van der Waals surface area contributed by atoms with Crippen molar-refractivity contribution < 1.29 is 14.0 Å². The maximum absolute atomic E-state index is 12.9. The van der Waals surface area contributed by atoms with E-state index < -0.39 is 11.8 Å². The van der Waals surface area contributed by atoms with Gasteiger partial charge in [-0.2, -0.15) is 0 Å². The van der Waals surface area contributed by atoms with E-state index in [4.69, 9.17) is 16.0 Å². The van der Waals surface area contributed by atoms with Gasteiger partial charge in [0, 0.05) is 22.3 Å². The fourth-order valence-corrected chi connectivity index (χ4v) is 2.72. The number of nitrogens with one attached hydrogen (secondary N) is 2. The number of anilines is 1. The Kier molecular flexibility index (Phi) is 5.96. The summed E-state index contributed by atoms with van der Waals surface area (Å²) < 4.78 is 5.52. The average Bonchev–Trinajstić information content (AvgIpc) is 3.10. The van der Waals surface area contributed by atoms with E-state index in [1.807, 2.05) is 6.07 Å². The van der Waals surface area contributed by atoms with Crippen LogP contribution in [-0.2, 0) is 4.79 Å². The second kappa shape index (κ2) is 8.59. The molecule has 0 radical (unpaired) electrons. The van der Waals surface area contributed by atoms with E-state index in [0.717, 1.165) is 5.56 Å². The summed E-state index contributed by atoms with van der Waals surface area (Å²) in [5, 5.41) is 5.99. The third kappa shape index (κ3) is 4.69. The number of carbonyl (C=O) groups excluding carboxylic acids is 2. The van der Waals surface area contributed by atoms with E-state index >= 15 is 0 Å². The summed E-state index contributed by atoms with van der Waals surface area (Å²) in [7, 11) is 0. The van der Waals surface area contributed by atoms with Crippen LogP contribution >= 0.6 is 11.6 Å². The van der Waals surface area contributed by atoms with Gasteiger partial charge in [0.1, 0.15) is 17.2 Å². The van der Waals surface area contributed by atoms with E-state index in [0.29, 0.717) is 27.8 Å². The second-order valence-electron chi connectivity index (χ2n) is 6.19. The molecular formula is C22H19ClN2O3. The molecule has 2 aromatic carbocycles. The van der Waals surface area contributed by atoms with Crippen LogP contribution in [0.2, 0.25) is 5.02 Å². The summed E-state index contributed by atoms with van der Waals surface area (Å²) in [6.45, 7) is 3.61. The van der Waals surface area contributed by atoms with Crippen LogP contribution in [0.3, 0.4) is 0 Å². The molecule has 2 amide bonds. The quantitative estimate of drug-likeness (QED) is 0.601. The molecule has 1 aromatic heterocycles. The molecule has 0 aliphatic rings. The summed E-state index contributed by atoms with van der Waals surface area (Å²) in [5.41, 5.74) is 1.80. The highest BCUT2D eigenvalue weighted by molar-refractivity contribution is 6.31. The van der Waals surface area contributed by atoms with Gasteiger partial charge in [0.2, 0.25) is 0 Å². The van der Waals surface area contributed by atoms with E-state index in [1.54, 1.807) is 68.4 Å². The first-order valence-corrected chi connectivity index (χ1v) is 9.03. The van der Waals surface area contributed by atoms with Gasteiger partial charge in [0.05, 0.1) is 0 Å². The second-order valence-corrected chi connectivity index (χ2v) is 6.60. The van der Waals surface area contributed by atoms with Crippen LogP contribution in [0, 0.1) is 13.8 Å². The normalized spacial score (nSPS) is 11.2. The highest BCUT2D eigenvalue weighted by Crippen LogP contribution is 2.23. The first-order chi connectivity index (χ1) is 13.4. The lowest BCUT2D eigenvalue weighted by Gasteiger charge is -2.13. The molecule has 1 heterocycles. The summed E-state index contributed by atoms with van der Waals surface area (Å²) in [5.74, 6) is 0.279. The number of halogens is 1. The van der Waals surface area contributed by atoms with Crippen molar-refractivity contribution in [1.29, 1.82) is 0 Å². The maximum atomic E-state index is 12.9. The van der Waals surface area contributed by atoms with Gasteiger partial charge in [-0.3, -0.25) is 9.59 Å². The van der Waals surface area contributed by atoms with Gasteiger partial charge in [0.15, 0.2) is 0 Å². The van der Waals surface area contributed by atoms with Crippen LogP contribution in [-0.4, -0.2) is 11.8 Å². The summed E-state index contributed by atoms with van der Waals surface area (Å²) in [4.78, 5) is 25.4. The Morgan fingerprint density at radius 1 is 0.964 bits per heavy atom. The number of rotatable bonds is 5. The molecule has 2 N–H and O–H groups in total. The molecule has 28 heavy (non-hydrogen) atoms. The fraction of sp³-hybridized carbons (Fsp3) is 0.0909. The molecule has 0 atom stereocenters. The largest absolute Gasteiger partial charge is 0.462 e. The number of hydrogen-bond donors (Lipinski definition) is 2. The highest BCUT2D eigenvalue weighted by atomic mass is 35.5. The van der Waals surface area contributed by atoms with E-state index in [-0.39, 0.29) is 5.70 Å². The molecule has 0 aliphatic heterocycles. The van der Waals surface area contributed by atoms with Gasteiger partial charge in [-0.1, -0.05) is 35.9 Å². The van der Waals surface area contributed by atoms with Crippen LogP contribution in [0.25, 0.3) is 6.08 Å². The molecule has 0 aliphatic carbocycles. The van der Waals surface area contributed by atoms with Gasteiger partial charge in [-0.25, -0.2) is 0 Å². The molecular weight excluding hydrogens is 376 g/mol. The van der Waals surface area contributed by atoms with Gasteiger partial charge >= 0.3 is 0 Å². The van der Waals surface area contributed by atoms with Gasteiger partial charge < -0.3 is 15.1 Å². The smallest absolute Gasteiger partial charge is 0.272 e. The first kappa shape index (κ1) is 19.5. The molecule has 0 bridgehead atoms. The van der Waals surface area contributed by atoms with Crippen LogP contribution < -0.4 is 10.6 Å². The number of aryl methyl sites for hydroxylation is 1. The van der Waals surface area contributed by atoms with Crippen LogP contribution in [0.1, 0.15) is 27.4 Å². The molecule has 0 saturated carbocycles. The van der Waals surface area contributed by atoms with Crippen molar-refractivity contribution in [2.75, 3.05) is 5.32 Å². The molecule has 142 valence electrons. The summed E-state index contributed by atoms with van der Waals surface area (Å²) in [6.07, 6.45) is 1.49. The number of hydrogen-bond acceptors (Lipinski definition) is 3. The lowest BCUT2D eigenvalue weighted by molar-refractivity contribution is -0.113. The fourth-order valence-electron chi connectivity index (χ4n) is 2.55. The Balaban J connectivity index is 1.89. The average molecular weight is 395 g/mol. The zero-order chi connectivity index (χ0) is 20.1. The molecule has 3 aromatic rings. The topological polar surface area (TPSA) is 71.3 Å². The predicted octanol–water partition coefficient (Wildman–Crippen LogP) is 4.96. The standard InChI is InChI=1S/C22H19ClN2O3/c1-14-11-12-17(28-14)13-20(25-21(26)16-7-4-3-5-8-16)22(27)24-19-10-6-9-18(23)15(19)2/h3-13H,1-2H3,(H,24,27)(H,25,26). The van der Waals surface area contributed by atoms with Crippen molar-refractivity contribution in [2.45, 2.75) is 13.8 Å². The van der Waals surface area contributed by atoms with Crippen LogP contribution in [0.5, 0.6) is 0 Å². The number of furan rings is 1. The van der Waals surface area contributed by atoms with Crippen molar-refractivity contribution in [1.82, 2.24) is 5.32 Å². The minimum atomic E-state index is -0.483. The van der Waals surface area contributed by atoms with Gasteiger partial charge in [-0.05, 0) is 55.8 Å². The Bertz CT molecular complexity index is 1040. The SMILES string of the molecule is Cc1ccc(C=C(NC(=O)c2ccccc2)C(=O)Nc2cccc(Cl)c2C)o1. The van der Waals surface area contributed by atoms with Crippen molar-refractivity contribution in [3.63, 3.8) is 0 Å². The predicted molar refractivity (Wildman–Crippen MR) is 110 cm³/mol. The molecule has 0 unspecified atom stereocenters. The van der Waals surface area contributed by atoms with Crippen molar-refractivity contribution in [3.05, 3.63) is 94.0 Å². The lowest BCUT2D eigenvalue weighted by atomic mass is 10.2. The van der Waals surface area contributed by atoms with E-state index in [2.05, 4.69) is 10.6 Å². The highest BCUT2D eigenvalue weighted by Gasteiger charge is 2.17. The van der Waals surface area contributed by atoms with E-state index in [1.165, 1.54) is 6.08 Å². The van der Waals surface area contributed by atoms with Crippen molar-refractivity contribution in [3.8, 4) is 0 Å². The van der Waals surface area contributed by atoms with E-state index in [9.17, 15) is 9.59 Å². The Hall–Kier alpha value is -3.31. The van der Waals surface area contributed by atoms with Crippen molar-refractivity contribution in [2.24, 2.45) is 0 Å². The molecule has 0 saturated heterocycles. The number of carbonyl (C=O) groups is 2. The molecule has 3 rings (SSSR count). The first-order valence-electron chi connectivity index (χ1n) is 8.65. The Labute approximate surface area is 168 Å². The number of amides is 2. The molecule has 6 heteroatoms. The maximum Gasteiger partial charge on any atom is 0.272 e. The zero-order valence-corrected chi connectivity index (χ0v) is 16.2. The number of benzene rings is 2.